The van der Waals surface area contributed by atoms with E-state index in [1.54, 1.807) is 32.9 Å². The average Bonchev–Trinajstić information content (AvgIpc) is 3.68. The molecule has 0 aromatic heterocycles. The summed E-state index contributed by atoms with van der Waals surface area (Å²) in [6, 6.07) is 10.1. The maximum Gasteiger partial charge on any atom is 0.481 e. The molecule has 18 nitrogen and oxygen atoms in total. The fraction of sp³-hybridized carbons (Fsp3) is 0.627. The molecule has 4 aliphatic rings. The van der Waals surface area contributed by atoms with E-state index < -0.39 is 96.7 Å². The molecular formula is C51H77BN8O10. The Morgan fingerprint density at radius 3 is 1.97 bits per heavy atom. The highest BCUT2D eigenvalue weighted by molar-refractivity contribution is 6.47. The largest absolute Gasteiger partial charge is 0.481 e. The molecule has 3 aliphatic carbocycles. The number of amides is 7. The number of unbranched alkanes of at least 4 members (excludes halogenated alkanes) is 2. The second-order valence-corrected chi connectivity index (χ2v) is 20.6. The predicted molar refractivity (Wildman–Crippen MR) is 266 cm³/mol. The molecule has 6 rings (SSSR count). The van der Waals surface area contributed by atoms with Crippen LogP contribution in [0.25, 0.3) is 11.1 Å². The Bertz CT molecular complexity index is 2160. The minimum absolute atomic E-state index is 0.0241. The van der Waals surface area contributed by atoms with Gasteiger partial charge in [-0.25, -0.2) is 0 Å². The van der Waals surface area contributed by atoms with Gasteiger partial charge in [-0.3, -0.25) is 33.6 Å². The van der Waals surface area contributed by atoms with Crippen molar-refractivity contribution in [2.75, 3.05) is 13.1 Å². The zero-order chi connectivity index (χ0) is 51.5. The molecule has 0 spiro atoms. The molecule has 70 heavy (non-hydrogen) atoms. The number of aryl methyl sites for hydroxylation is 1. The second kappa shape index (κ2) is 24.7. The summed E-state index contributed by atoms with van der Waals surface area (Å²) in [7, 11) is -0.769. The predicted octanol–water partition coefficient (Wildman–Crippen LogP) is 2.57. The zero-order valence-corrected chi connectivity index (χ0v) is 42.2. The summed E-state index contributed by atoms with van der Waals surface area (Å²) in [5.41, 5.74) is 14.5. The first-order valence-corrected chi connectivity index (χ1v) is 25.1. The lowest BCUT2D eigenvalue weighted by Gasteiger charge is -2.64. The lowest BCUT2D eigenvalue weighted by molar-refractivity contribution is -0.199. The molecule has 0 radical (unpaired) electrons. The Morgan fingerprint density at radius 1 is 0.771 bits per heavy atom. The minimum Gasteiger partial charge on any atom is -0.404 e. The van der Waals surface area contributed by atoms with Crippen LogP contribution in [0.3, 0.4) is 0 Å². The van der Waals surface area contributed by atoms with Gasteiger partial charge in [0.2, 0.25) is 35.4 Å². The van der Waals surface area contributed by atoms with Gasteiger partial charge in [0, 0.05) is 18.5 Å². The maximum atomic E-state index is 13.8. The van der Waals surface area contributed by atoms with Crippen LogP contribution in [0.1, 0.15) is 129 Å². The number of hydrogen-bond donors (Lipinski definition) is 9. The van der Waals surface area contributed by atoms with Crippen molar-refractivity contribution in [3.63, 3.8) is 0 Å². The van der Waals surface area contributed by atoms with Crippen LogP contribution >= 0.6 is 0 Å². The van der Waals surface area contributed by atoms with Crippen molar-refractivity contribution in [1.29, 1.82) is 0 Å². The first-order chi connectivity index (χ1) is 33.1. The normalized spacial score (nSPS) is 22.4. The quantitative estimate of drug-likeness (QED) is 0.0488. The Morgan fingerprint density at radius 2 is 1.39 bits per heavy atom. The molecule has 19 heteroatoms. The Kier molecular flexibility index (Phi) is 19.6. The van der Waals surface area contributed by atoms with Crippen LogP contribution in [0.4, 0.5) is 0 Å². The van der Waals surface area contributed by atoms with Crippen molar-refractivity contribution in [2.24, 2.45) is 34.6 Å². The van der Waals surface area contributed by atoms with Crippen LogP contribution < -0.4 is 43.4 Å². The lowest BCUT2D eigenvalue weighted by Crippen LogP contribution is -2.65. The third-order valence-corrected chi connectivity index (χ3v) is 14.6. The molecule has 2 bridgehead atoms. The number of nitrogens with two attached hydrogens (primary N) is 2. The summed E-state index contributed by atoms with van der Waals surface area (Å²) in [6.07, 6.45) is 4.03. The number of rotatable bonds is 26. The molecule has 2 aromatic carbocycles. The van der Waals surface area contributed by atoms with Gasteiger partial charge in [-0.15, -0.1) is 0 Å². The summed E-state index contributed by atoms with van der Waals surface area (Å²) in [5, 5.41) is 26.6. The highest BCUT2D eigenvalue weighted by Gasteiger charge is 2.68. The molecule has 3 saturated carbocycles. The third-order valence-electron chi connectivity index (χ3n) is 14.6. The summed E-state index contributed by atoms with van der Waals surface area (Å²) in [4.78, 5) is 93.3. The molecule has 10 atom stereocenters. The van der Waals surface area contributed by atoms with E-state index >= 15 is 0 Å². The fourth-order valence-electron chi connectivity index (χ4n) is 10.1. The molecule has 11 N–H and O–H groups in total. The van der Waals surface area contributed by atoms with Gasteiger partial charge in [-0.1, -0.05) is 77.4 Å². The number of carbonyl (C=O) groups excluding carboxylic acids is 7. The highest BCUT2D eigenvalue weighted by atomic mass is 16.7. The van der Waals surface area contributed by atoms with Gasteiger partial charge in [0.25, 0.3) is 5.91 Å². The van der Waals surface area contributed by atoms with Gasteiger partial charge in [0.1, 0.15) is 24.2 Å². The summed E-state index contributed by atoms with van der Waals surface area (Å²) < 4.78 is 12.8. The van der Waals surface area contributed by atoms with Crippen molar-refractivity contribution < 1.29 is 48.0 Å². The van der Waals surface area contributed by atoms with E-state index in [-0.39, 0.29) is 36.8 Å². The van der Waals surface area contributed by atoms with Crippen molar-refractivity contribution in [1.82, 2.24) is 31.9 Å². The third kappa shape index (κ3) is 13.9. The van der Waals surface area contributed by atoms with Crippen molar-refractivity contribution >= 4 is 48.5 Å². The van der Waals surface area contributed by atoms with Gasteiger partial charge in [-0.05, 0) is 124 Å². The number of aliphatic hydroxyl groups excluding tert-OH is 1. The molecule has 2 aromatic rings. The summed E-state index contributed by atoms with van der Waals surface area (Å²) in [6.45, 7) is 15.3. The average molecular weight is 973 g/mol. The molecule has 7 amide bonds. The van der Waals surface area contributed by atoms with Crippen LogP contribution in [0.5, 0.6) is 0 Å². The molecule has 1 unspecified atom stereocenters. The molecule has 384 valence electrons. The number of carbonyl (C=O) groups is 7. The highest BCUT2D eigenvalue weighted by Crippen LogP contribution is 2.65. The smallest absolute Gasteiger partial charge is 0.404 e. The van der Waals surface area contributed by atoms with E-state index in [1.165, 1.54) is 12.5 Å². The fourth-order valence-corrected chi connectivity index (χ4v) is 10.1. The second-order valence-electron chi connectivity index (χ2n) is 20.6. The number of nitrogens with one attached hydrogen (secondary N) is 6. The van der Waals surface area contributed by atoms with E-state index in [4.69, 9.17) is 20.8 Å². The van der Waals surface area contributed by atoms with Crippen LogP contribution in [0, 0.1) is 23.2 Å². The first-order valence-electron chi connectivity index (χ1n) is 25.1. The zero-order valence-electron chi connectivity index (χ0n) is 42.2. The van der Waals surface area contributed by atoms with Gasteiger partial charge in [0.05, 0.1) is 30.2 Å². The van der Waals surface area contributed by atoms with Gasteiger partial charge >= 0.3 is 7.12 Å². The first kappa shape index (κ1) is 55.6. The molecule has 1 heterocycles. The van der Waals surface area contributed by atoms with Gasteiger partial charge in [0.15, 0.2) is 0 Å². The van der Waals surface area contributed by atoms with Crippen molar-refractivity contribution in [2.45, 2.75) is 168 Å². The Hall–Kier alpha value is -5.37. The molecule has 1 aliphatic heterocycles. The number of benzene rings is 2. The number of aliphatic hydroxyl groups is 1. The van der Waals surface area contributed by atoms with E-state index in [0.717, 1.165) is 43.2 Å². The van der Waals surface area contributed by atoms with E-state index in [9.17, 15) is 38.7 Å². The Labute approximate surface area is 413 Å². The van der Waals surface area contributed by atoms with Crippen LogP contribution in [0.15, 0.2) is 48.5 Å². The molecule has 1 saturated heterocycles. The molecule has 4 fully saturated rings. The summed E-state index contributed by atoms with van der Waals surface area (Å²) in [5.74, 6) is -5.42. The topological polar surface area (TPSA) is 282 Å². The van der Waals surface area contributed by atoms with E-state index in [1.807, 2.05) is 12.1 Å². The van der Waals surface area contributed by atoms with Crippen LogP contribution in [-0.2, 0) is 44.5 Å². The van der Waals surface area contributed by atoms with Crippen LogP contribution in [-0.4, -0.2) is 115 Å². The Balaban J connectivity index is 1.14. The number of primary amides is 1. The van der Waals surface area contributed by atoms with Crippen molar-refractivity contribution in [3.8, 4) is 11.1 Å². The summed E-state index contributed by atoms with van der Waals surface area (Å²) >= 11 is 0. The monoisotopic (exact) mass is 973 g/mol. The van der Waals surface area contributed by atoms with E-state index in [0.29, 0.717) is 36.8 Å². The number of hydrogen-bond acceptors (Lipinski definition) is 11. The molecular weight excluding hydrogens is 895 g/mol. The van der Waals surface area contributed by atoms with E-state index in [2.05, 4.69) is 83.9 Å². The minimum atomic E-state index is -1.58. The van der Waals surface area contributed by atoms with Crippen LogP contribution in [0.2, 0.25) is 0 Å². The lowest BCUT2D eigenvalue weighted by atomic mass is 9.43. The van der Waals surface area contributed by atoms with Gasteiger partial charge in [-0.2, -0.15) is 0 Å². The standard InChI is InChI=1S/C51H77BN8O10/c1-9-10-13-32-15-17-33(18-16-32)34-19-21-35(22-20-34)45(64)55-25-23-42(63)57-37(14-11-12-24-53)46(65)60-44(30(4)61)49(68)59-43(29(2)3)48(67)58-38(28-41(54)62)47(66)56-31(5)52-69-40-27-36-26-39(50(36,6)7)51(40,8)70-52/h15-22,29-31,36-40,43-44,61H,9-14,23-28,53H2,1-8H3,(H2,54,62)(H,55,64)(H,56,66)(H,57,63)(H,58,67)(H,59,68)(H,60,65)/t30-,31+,36+,37+,38+,39+,40?,43+,44+,51+/m1/s1. The maximum absolute atomic E-state index is 13.8. The van der Waals surface area contributed by atoms with Crippen molar-refractivity contribution in [3.05, 3.63) is 59.7 Å². The van der Waals surface area contributed by atoms with Gasteiger partial charge < -0.3 is 57.8 Å². The SMILES string of the molecule is CCCCc1ccc(-c2ccc(C(=O)NCCC(=O)N[C@@H](CCCCN)C(=O)N[C@H](C(=O)N[C@H](C(=O)N[C@@H](CC(N)=O)C(=O)N[C@@H](C)B3OC4C[C@@H]5C[C@@H](C5(C)C)[C@]4(C)O3)C(C)C)[C@@H](C)O)cc2)cc1.